The van der Waals surface area contributed by atoms with E-state index in [1.165, 1.54) is 6.07 Å². The van der Waals surface area contributed by atoms with Crippen molar-refractivity contribution in [1.29, 1.82) is 0 Å². The molecule has 2 aromatic carbocycles. The maximum absolute atomic E-state index is 13.8. The topological polar surface area (TPSA) is 41.6 Å². The van der Waals surface area contributed by atoms with Crippen LogP contribution in [0.25, 0.3) is 0 Å². The summed E-state index contributed by atoms with van der Waals surface area (Å²) >= 11 is 0. The van der Waals surface area contributed by atoms with Gasteiger partial charge in [0.25, 0.3) is 0 Å². The van der Waals surface area contributed by atoms with Crippen LogP contribution in [0.1, 0.15) is 24.0 Å². The van der Waals surface area contributed by atoms with Gasteiger partial charge in [0.1, 0.15) is 18.2 Å². The van der Waals surface area contributed by atoms with Gasteiger partial charge in [0.05, 0.1) is 5.92 Å². The molecule has 2 aromatic rings. The second-order valence-electron chi connectivity index (χ2n) is 7.88. The third-order valence-electron chi connectivity index (χ3n) is 5.87. The smallest absolute Gasteiger partial charge is 0.226 e. The van der Waals surface area contributed by atoms with Gasteiger partial charge in [-0.15, -0.1) is 0 Å². The Morgan fingerprint density at radius 2 is 1.86 bits per heavy atom. The normalized spacial score (nSPS) is 20.2. The van der Waals surface area contributed by atoms with E-state index in [0.717, 1.165) is 49.2 Å². The molecule has 1 unspecified atom stereocenters. The first-order chi connectivity index (χ1) is 13.7. The Kier molecular flexibility index (Phi) is 5.91. The van der Waals surface area contributed by atoms with Crippen LogP contribution in [0, 0.1) is 17.7 Å². The highest BCUT2D eigenvalue weighted by atomic mass is 19.1. The van der Waals surface area contributed by atoms with Crippen LogP contribution in [0.5, 0.6) is 5.75 Å². The van der Waals surface area contributed by atoms with E-state index in [1.807, 2.05) is 36.4 Å². The Hall–Kier alpha value is -2.40. The second-order valence-corrected chi connectivity index (χ2v) is 7.88. The Bertz CT molecular complexity index is 818. The van der Waals surface area contributed by atoms with Gasteiger partial charge in [-0.2, -0.15) is 0 Å². The van der Waals surface area contributed by atoms with E-state index in [1.54, 1.807) is 6.07 Å². The molecule has 1 fully saturated rings. The average molecular weight is 382 g/mol. The van der Waals surface area contributed by atoms with E-state index in [9.17, 15) is 9.18 Å². The van der Waals surface area contributed by atoms with Crippen molar-refractivity contribution in [3.05, 3.63) is 65.5 Å². The lowest BCUT2D eigenvalue weighted by Gasteiger charge is -2.32. The molecule has 4 nitrogen and oxygen atoms in total. The lowest BCUT2D eigenvalue weighted by molar-refractivity contribution is -0.126. The number of likely N-dealkylation sites (tertiary alicyclic amines) is 1. The van der Waals surface area contributed by atoms with Gasteiger partial charge in [-0.1, -0.05) is 36.4 Å². The number of para-hydroxylation sites is 1. The van der Waals surface area contributed by atoms with Gasteiger partial charge in [0.2, 0.25) is 5.91 Å². The van der Waals surface area contributed by atoms with Gasteiger partial charge in [-0.05, 0) is 56.0 Å². The molecule has 0 aromatic heterocycles. The fourth-order valence-electron chi connectivity index (χ4n) is 4.10. The molecule has 1 atom stereocenters. The summed E-state index contributed by atoms with van der Waals surface area (Å²) < 4.78 is 19.5. The molecular formula is C23H27FN2O2. The van der Waals surface area contributed by atoms with E-state index in [4.69, 9.17) is 4.74 Å². The zero-order valence-electron chi connectivity index (χ0n) is 16.1. The average Bonchev–Trinajstić information content (AvgIpc) is 2.74. The number of hydrogen-bond acceptors (Lipinski definition) is 3. The van der Waals surface area contributed by atoms with Crippen molar-refractivity contribution in [2.24, 2.45) is 11.8 Å². The van der Waals surface area contributed by atoms with Crippen LogP contribution in [0.4, 0.5) is 4.39 Å². The Labute approximate surface area is 165 Å². The van der Waals surface area contributed by atoms with E-state index in [2.05, 4.69) is 10.2 Å². The lowest BCUT2D eigenvalue weighted by atomic mass is 9.94. The number of amides is 1. The molecule has 1 amide bonds. The number of halogens is 1. The Balaban J connectivity index is 1.20. The quantitative estimate of drug-likeness (QED) is 0.862. The number of piperidine rings is 1. The summed E-state index contributed by atoms with van der Waals surface area (Å²) in [6, 6.07) is 14.9. The van der Waals surface area contributed by atoms with E-state index < -0.39 is 0 Å². The molecule has 4 rings (SSSR count). The van der Waals surface area contributed by atoms with Crippen molar-refractivity contribution < 1.29 is 13.9 Å². The largest absolute Gasteiger partial charge is 0.492 e. The minimum Gasteiger partial charge on any atom is -0.492 e. The molecule has 1 saturated heterocycles. The molecule has 2 aliphatic rings. The van der Waals surface area contributed by atoms with Crippen molar-refractivity contribution in [3.8, 4) is 5.75 Å². The minimum atomic E-state index is -0.131. The lowest BCUT2D eigenvalue weighted by Crippen LogP contribution is -2.42. The summed E-state index contributed by atoms with van der Waals surface area (Å²) in [6.07, 6.45) is 2.79. The molecule has 148 valence electrons. The first-order valence-corrected chi connectivity index (χ1v) is 10.1. The predicted molar refractivity (Wildman–Crippen MR) is 107 cm³/mol. The molecule has 28 heavy (non-hydrogen) atoms. The number of nitrogens with one attached hydrogen (secondary N) is 1. The minimum absolute atomic E-state index is 0.0864. The van der Waals surface area contributed by atoms with Gasteiger partial charge in [-0.3, -0.25) is 9.69 Å². The number of ether oxygens (including phenoxy) is 1. The standard InChI is InChI=1S/C23H27FN2O2/c24-21-7-3-1-6-19(21)15-26-11-9-17(10-12-26)14-25-23(27)20-13-18-5-2-4-8-22(18)28-16-20/h1-8,17,20H,9-16H2,(H,25,27). The number of benzene rings is 2. The number of hydrogen-bond donors (Lipinski definition) is 1. The molecule has 0 bridgehead atoms. The molecule has 0 aliphatic carbocycles. The fraction of sp³-hybridized carbons (Fsp3) is 0.435. The highest BCUT2D eigenvalue weighted by Gasteiger charge is 2.27. The van der Waals surface area contributed by atoms with E-state index >= 15 is 0 Å². The predicted octanol–water partition coefficient (Wildman–Crippen LogP) is 3.41. The maximum Gasteiger partial charge on any atom is 0.226 e. The van der Waals surface area contributed by atoms with Gasteiger partial charge >= 0.3 is 0 Å². The van der Waals surface area contributed by atoms with Crippen LogP contribution < -0.4 is 10.1 Å². The fourth-order valence-corrected chi connectivity index (χ4v) is 4.10. The molecular weight excluding hydrogens is 355 g/mol. The number of carbonyl (C=O) groups is 1. The third-order valence-corrected chi connectivity index (χ3v) is 5.87. The molecule has 5 heteroatoms. The van der Waals surface area contributed by atoms with Crippen LogP contribution in [-0.2, 0) is 17.8 Å². The molecule has 2 aliphatic heterocycles. The second kappa shape index (κ2) is 8.74. The van der Waals surface area contributed by atoms with Crippen LogP contribution in [0.15, 0.2) is 48.5 Å². The number of rotatable bonds is 5. The monoisotopic (exact) mass is 382 g/mol. The molecule has 0 spiro atoms. The van der Waals surface area contributed by atoms with Gasteiger partial charge in [0.15, 0.2) is 0 Å². The Morgan fingerprint density at radius 1 is 1.11 bits per heavy atom. The first kappa shape index (κ1) is 18.9. The number of nitrogens with zero attached hydrogens (tertiary/aromatic N) is 1. The van der Waals surface area contributed by atoms with Gasteiger partial charge < -0.3 is 10.1 Å². The highest BCUT2D eigenvalue weighted by Crippen LogP contribution is 2.27. The zero-order chi connectivity index (χ0) is 19.3. The van der Waals surface area contributed by atoms with Crippen molar-refractivity contribution in [3.63, 3.8) is 0 Å². The molecule has 1 N–H and O–H groups in total. The summed E-state index contributed by atoms with van der Waals surface area (Å²) in [5.41, 5.74) is 1.86. The summed E-state index contributed by atoms with van der Waals surface area (Å²) in [6.45, 7) is 3.70. The zero-order valence-corrected chi connectivity index (χ0v) is 16.1. The first-order valence-electron chi connectivity index (χ1n) is 10.1. The van der Waals surface area contributed by atoms with Gasteiger partial charge in [-0.25, -0.2) is 4.39 Å². The summed E-state index contributed by atoms with van der Waals surface area (Å²) in [5.74, 6) is 1.22. The number of carbonyl (C=O) groups excluding carboxylic acids is 1. The SMILES string of the molecule is O=C(NCC1CCN(Cc2ccccc2F)CC1)C1COc2ccccc2C1. The summed E-state index contributed by atoms with van der Waals surface area (Å²) in [5, 5.41) is 3.13. The third kappa shape index (κ3) is 4.53. The maximum atomic E-state index is 13.8. The number of fused-ring (bicyclic) bond motifs is 1. The summed E-state index contributed by atoms with van der Waals surface area (Å²) in [4.78, 5) is 14.8. The highest BCUT2D eigenvalue weighted by molar-refractivity contribution is 5.79. The van der Waals surface area contributed by atoms with Crippen molar-refractivity contribution in [2.45, 2.75) is 25.8 Å². The van der Waals surface area contributed by atoms with E-state index in [0.29, 0.717) is 25.6 Å². The van der Waals surface area contributed by atoms with E-state index in [-0.39, 0.29) is 17.6 Å². The van der Waals surface area contributed by atoms with Crippen molar-refractivity contribution in [2.75, 3.05) is 26.2 Å². The van der Waals surface area contributed by atoms with Crippen molar-refractivity contribution in [1.82, 2.24) is 10.2 Å². The Morgan fingerprint density at radius 3 is 2.68 bits per heavy atom. The molecule has 0 saturated carbocycles. The van der Waals surface area contributed by atoms with Crippen LogP contribution in [0.2, 0.25) is 0 Å². The molecule has 0 radical (unpaired) electrons. The van der Waals surface area contributed by atoms with Crippen molar-refractivity contribution >= 4 is 5.91 Å². The van der Waals surface area contributed by atoms with Gasteiger partial charge in [0, 0.05) is 18.7 Å². The van der Waals surface area contributed by atoms with Crippen LogP contribution in [-0.4, -0.2) is 37.0 Å². The molecule has 2 heterocycles. The summed E-state index contributed by atoms with van der Waals surface area (Å²) in [7, 11) is 0. The van der Waals surface area contributed by atoms with Crippen LogP contribution in [0.3, 0.4) is 0 Å². The van der Waals surface area contributed by atoms with Crippen LogP contribution >= 0.6 is 0 Å².